The average molecular weight is 394 g/mol. The molecule has 0 spiro atoms. The second-order valence-electron chi connectivity index (χ2n) is 7.12. The summed E-state index contributed by atoms with van der Waals surface area (Å²) in [6, 6.07) is 10.8. The lowest BCUT2D eigenvalue weighted by molar-refractivity contribution is -0.130. The Kier molecular flexibility index (Phi) is 6.26. The largest absolute Gasteiger partial charge is 0.339 e. The average Bonchev–Trinajstić information content (AvgIpc) is 2.74. The van der Waals surface area contributed by atoms with Crippen LogP contribution in [0.3, 0.4) is 0 Å². The molecule has 2 aromatic rings. The van der Waals surface area contributed by atoms with E-state index in [-0.39, 0.29) is 29.1 Å². The Morgan fingerprint density at radius 1 is 0.966 bits per heavy atom. The number of para-hydroxylation sites is 1. The molecule has 0 unspecified atom stereocenters. The number of rotatable bonds is 4. The van der Waals surface area contributed by atoms with E-state index in [0.29, 0.717) is 26.2 Å². The predicted octanol–water partition coefficient (Wildman–Crippen LogP) is 2.51. The van der Waals surface area contributed by atoms with Crippen LogP contribution in [-0.4, -0.2) is 58.7 Å². The molecule has 3 amide bonds. The number of aryl methyl sites for hydroxylation is 2. The molecule has 1 aromatic heterocycles. The monoisotopic (exact) mass is 394 g/mol. The van der Waals surface area contributed by atoms with Gasteiger partial charge in [0.1, 0.15) is 11.4 Å². The van der Waals surface area contributed by atoms with Crippen LogP contribution in [0.4, 0.5) is 5.69 Å². The molecule has 7 nitrogen and oxygen atoms in total. The van der Waals surface area contributed by atoms with Crippen LogP contribution >= 0.6 is 0 Å². The van der Waals surface area contributed by atoms with Crippen LogP contribution in [0.15, 0.2) is 36.4 Å². The van der Waals surface area contributed by atoms with Gasteiger partial charge in [0.15, 0.2) is 0 Å². The predicted molar refractivity (Wildman–Crippen MR) is 111 cm³/mol. The fourth-order valence-corrected chi connectivity index (χ4v) is 3.45. The summed E-state index contributed by atoms with van der Waals surface area (Å²) in [5.74, 6) is -0.561. The Bertz CT molecular complexity index is 933. The van der Waals surface area contributed by atoms with Crippen LogP contribution in [0.5, 0.6) is 0 Å². The number of carbonyl (C=O) groups excluding carboxylic acids is 3. The zero-order valence-corrected chi connectivity index (χ0v) is 17.1. The van der Waals surface area contributed by atoms with Gasteiger partial charge in [0, 0.05) is 38.8 Å². The molecule has 7 heteroatoms. The molecule has 152 valence electrons. The summed E-state index contributed by atoms with van der Waals surface area (Å²) in [5.41, 5.74) is 3.25. The molecule has 29 heavy (non-hydrogen) atoms. The first-order valence-electron chi connectivity index (χ1n) is 9.82. The van der Waals surface area contributed by atoms with Crippen molar-refractivity contribution >= 4 is 23.4 Å². The van der Waals surface area contributed by atoms with Crippen LogP contribution in [0.25, 0.3) is 0 Å². The molecule has 0 aliphatic carbocycles. The maximum atomic E-state index is 12.8. The number of nitrogens with one attached hydrogen (secondary N) is 1. The van der Waals surface area contributed by atoms with Crippen molar-refractivity contribution in [2.45, 2.75) is 27.2 Å². The van der Waals surface area contributed by atoms with Gasteiger partial charge >= 0.3 is 0 Å². The summed E-state index contributed by atoms with van der Waals surface area (Å²) in [6.07, 6.45) is 0.801. The standard InChI is InChI=1S/C22H26N4O3/c1-4-17-8-5-7-15(2)20(17)24-21(28)18-9-6-10-19(23-18)22(29)26-13-11-25(12-14-26)16(3)27/h5-10H,4,11-14H2,1-3H3,(H,24,28). The number of benzene rings is 1. The number of piperazine rings is 1. The normalized spacial score (nSPS) is 13.9. The number of hydrogen-bond donors (Lipinski definition) is 1. The zero-order valence-electron chi connectivity index (χ0n) is 17.1. The van der Waals surface area contributed by atoms with Gasteiger partial charge in [0.25, 0.3) is 11.8 Å². The molecule has 0 saturated carbocycles. The van der Waals surface area contributed by atoms with Gasteiger partial charge in [-0.25, -0.2) is 4.98 Å². The number of pyridine rings is 1. The third-order valence-corrected chi connectivity index (χ3v) is 5.19. The summed E-state index contributed by atoms with van der Waals surface area (Å²) in [6.45, 7) is 7.44. The van der Waals surface area contributed by atoms with Crippen molar-refractivity contribution in [3.8, 4) is 0 Å². The minimum atomic E-state index is -0.343. The minimum Gasteiger partial charge on any atom is -0.339 e. The lowest BCUT2D eigenvalue weighted by atomic mass is 10.1. The van der Waals surface area contributed by atoms with E-state index in [2.05, 4.69) is 10.3 Å². The van der Waals surface area contributed by atoms with Crippen LogP contribution in [0.2, 0.25) is 0 Å². The van der Waals surface area contributed by atoms with Crippen LogP contribution in [0, 0.1) is 6.92 Å². The molecule has 3 rings (SSSR count). The number of hydrogen-bond acceptors (Lipinski definition) is 4. The fraction of sp³-hybridized carbons (Fsp3) is 0.364. The lowest BCUT2D eigenvalue weighted by Gasteiger charge is -2.34. The van der Waals surface area contributed by atoms with Crippen molar-refractivity contribution in [2.24, 2.45) is 0 Å². The maximum absolute atomic E-state index is 12.8. The molecule has 2 heterocycles. The van der Waals surface area contributed by atoms with Crippen molar-refractivity contribution in [3.63, 3.8) is 0 Å². The fourth-order valence-electron chi connectivity index (χ4n) is 3.45. The first-order chi connectivity index (χ1) is 13.9. The Labute approximate surface area is 170 Å². The number of carbonyl (C=O) groups is 3. The van der Waals surface area contributed by atoms with Gasteiger partial charge in [0.2, 0.25) is 5.91 Å². The van der Waals surface area contributed by atoms with Crippen LogP contribution in [-0.2, 0) is 11.2 Å². The van der Waals surface area contributed by atoms with Gasteiger partial charge in [-0.3, -0.25) is 14.4 Å². The van der Waals surface area contributed by atoms with Crippen LogP contribution < -0.4 is 5.32 Å². The van der Waals surface area contributed by atoms with Gasteiger partial charge in [-0.1, -0.05) is 31.2 Å². The highest BCUT2D eigenvalue weighted by molar-refractivity contribution is 6.04. The number of amides is 3. The van der Waals surface area contributed by atoms with E-state index in [1.54, 1.807) is 28.0 Å². The van der Waals surface area contributed by atoms with E-state index in [9.17, 15) is 14.4 Å². The molecule has 0 radical (unpaired) electrons. The molecule has 0 atom stereocenters. The highest BCUT2D eigenvalue weighted by atomic mass is 16.2. The first-order valence-corrected chi connectivity index (χ1v) is 9.82. The van der Waals surface area contributed by atoms with Crippen molar-refractivity contribution < 1.29 is 14.4 Å². The van der Waals surface area contributed by atoms with Crippen molar-refractivity contribution in [3.05, 3.63) is 58.9 Å². The number of aromatic nitrogens is 1. The van der Waals surface area contributed by atoms with Gasteiger partial charge in [-0.05, 0) is 36.6 Å². The van der Waals surface area contributed by atoms with Crippen molar-refractivity contribution in [1.29, 1.82) is 0 Å². The number of nitrogens with zero attached hydrogens (tertiary/aromatic N) is 3. The van der Waals surface area contributed by atoms with Gasteiger partial charge in [0.05, 0.1) is 0 Å². The highest BCUT2D eigenvalue weighted by Gasteiger charge is 2.24. The molecule has 1 N–H and O–H groups in total. The molecule has 1 aliphatic heterocycles. The summed E-state index contributed by atoms with van der Waals surface area (Å²) in [7, 11) is 0. The summed E-state index contributed by atoms with van der Waals surface area (Å²) >= 11 is 0. The second kappa shape index (κ2) is 8.86. The smallest absolute Gasteiger partial charge is 0.274 e. The van der Waals surface area contributed by atoms with E-state index in [1.165, 1.54) is 6.92 Å². The van der Waals surface area contributed by atoms with Gasteiger partial charge < -0.3 is 15.1 Å². The van der Waals surface area contributed by atoms with E-state index in [1.807, 2.05) is 32.0 Å². The maximum Gasteiger partial charge on any atom is 0.274 e. The first kappa shape index (κ1) is 20.5. The van der Waals surface area contributed by atoms with Crippen molar-refractivity contribution in [2.75, 3.05) is 31.5 Å². The Hall–Kier alpha value is -3.22. The quantitative estimate of drug-likeness (QED) is 0.864. The Balaban J connectivity index is 1.73. The van der Waals surface area contributed by atoms with E-state index >= 15 is 0 Å². The Morgan fingerprint density at radius 3 is 2.24 bits per heavy atom. The lowest BCUT2D eigenvalue weighted by Crippen LogP contribution is -2.50. The molecule has 0 bridgehead atoms. The zero-order chi connectivity index (χ0) is 21.0. The van der Waals surface area contributed by atoms with E-state index in [4.69, 9.17) is 0 Å². The topological polar surface area (TPSA) is 82.6 Å². The molecule has 1 aromatic carbocycles. The third kappa shape index (κ3) is 4.62. The summed E-state index contributed by atoms with van der Waals surface area (Å²) in [4.78, 5) is 44.7. The minimum absolute atomic E-state index is 0.0107. The molecular formula is C22H26N4O3. The van der Waals surface area contributed by atoms with Crippen molar-refractivity contribution in [1.82, 2.24) is 14.8 Å². The molecule has 1 saturated heterocycles. The van der Waals surface area contributed by atoms with E-state index < -0.39 is 0 Å². The second-order valence-corrected chi connectivity index (χ2v) is 7.12. The van der Waals surface area contributed by atoms with Crippen LogP contribution in [0.1, 0.15) is 46.0 Å². The summed E-state index contributed by atoms with van der Waals surface area (Å²) in [5, 5.41) is 2.94. The highest BCUT2D eigenvalue weighted by Crippen LogP contribution is 2.21. The molecular weight excluding hydrogens is 368 g/mol. The SMILES string of the molecule is CCc1cccc(C)c1NC(=O)c1cccc(C(=O)N2CCN(C(C)=O)CC2)n1. The Morgan fingerprint density at radius 2 is 1.59 bits per heavy atom. The van der Waals surface area contributed by atoms with Gasteiger partial charge in [-0.15, -0.1) is 0 Å². The third-order valence-electron chi connectivity index (χ3n) is 5.19. The molecule has 1 fully saturated rings. The molecule has 1 aliphatic rings. The van der Waals surface area contributed by atoms with E-state index in [0.717, 1.165) is 23.2 Å². The van der Waals surface area contributed by atoms with Gasteiger partial charge in [-0.2, -0.15) is 0 Å². The summed E-state index contributed by atoms with van der Waals surface area (Å²) < 4.78 is 0. The number of anilines is 1.